The van der Waals surface area contributed by atoms with Gasteiger partial charge in [0.2, 0.25) is 20.0 Å². The molecule has 1 heterocycles. The third-order valence-electron chi connectivity index (χ3n) is 4.77. The fraction of sp³-hybridized carbons (Fsp3) is 0.316. The van der Waals surface area contributed by atoms with E-state index in [0.29, 0.717) is 24.2 Å². The lowest BCUT2D eigenvalue weighted by Crippen LogP contribution is -2.35. The van der Waals surface area contributed by atoms with Crippen molar-refractivity contribution < 1.29 is 21.6 Å². The number of benzene rings is 2. The Balaban J connectivity index is 1.63. The normalized spacial score (nSPS) is 15.8. The number of nitrogens with one attached hydrogen (secondary N) is 1. The second kappa shape index (κ2) is 8.62. The molecule has 0 atom stereocenters. The smallest absolute Gasteiger partial charge is 0.251 e. The summed E-state index contributed by atoms with van der Waals surface area (Å²) in [5, 5.41) is 7.77. The lowest BCUT2D eigenvalue weighted by molar-refractivity contribution is 0.0950. The van der Waals surface area contributed by atoms with Crippen LogP contribution in [0.3, 0.4) is 0 Å². The molecule has 2 aromatic carbocycles. The van der Waals surface area contributed by atoms with Gasteiger partial charge in [0, 0.05) is 25.2 Å². The van der Waals surface area contributed by atoms with Crippen LogP contribution in [0.15, 0.2) is 58.3 Å². The van der Waals surface area contributed by atoms with Crippen molar-refractivity contribution in [1.29, 1.82) is 0 Å². The fourth-order valence-corrected chi connectivity index (χ4v) is 5.15. The molecule has 2 aromatic rings. The second-order valence-electron chi connectivity index (χ2n) is 6.86. The van der Waals surface area contributed by atoms with Gasteiger partial charge in [-0.05, 0) is 54.8 Å². The van der Waals surface area contributed by atoms with Gasteiger partial charge in [-0.3, -0.25) is 4.79 Å². The Bertz CT molecular complexity index is 1070. The quantitative estimate of drug-likeness (QED) is 0.707. The molecule has 1 fully saturated rings. The molecule has 0 unspecified atom stereocenters. The number of nitrogens with two attached hydrogens (primary N) is 1. The molecule has 29 heavy (non-hydrogen) atoms. The number of primary sulfonamides is 1. The molecule has 0 aromatic heterocycles. The van der Waals surface area contributed by atoms with E-state index in [1.165, 1.54) is 40.7 Å². The first kappa shape index (κ1) is 21.4. The van der Waals surface area contributed by atoms with E-state index < -0.39 is 20.0 Å². The molecular weight excluding hydrogens is 414 g/mol. The molecular formula is C19H23N3O5S2. The molecule has 3 N–H and O–H groups in total. The molecule has 1 aliphatic heterocycles. The molecule has 3 rings (SSSR count). The van der Waals surface area contributed by atoms with Crippen LogP contribution in [0.1, 0.15) is 35.2 Å². The summed E-state index contributed by atoms with van der Waals surface area (Å²) < 4.78 is 49.3. The van der Waals surface area contributed by atoms with Crippen LogP contribution in [0.25, 0.3) is 0 Å². The third kappa shape index (κ3) is 5.21. The third-order valence-corrected chi connectivity index (χ3v) is 7.62. The maximum Gasteiger partial charge on any atom is 0.251 e. The topological polar surface area (TPSA) is 127 Å². The first-order chi connectivity index (χ1) is 13.7. The van der Waals surface area contributed by atoms with Crippen LogP contribution >= 0.6 is 0 Å². The highest BCUT2D eigenvalue weighted by molar-refractivity contribution is 7.89. The Hall–Kier alpha value is -2.27. The van der Waals surface area contributed by atoms with Gasteiger partial charge in [-0.1, -0.05) is 18.6 Å². The Labute approximate surface area is 170 Å². The number of hydrogen-bond acceptors (Lipinski definition) is 5. The molecule has 156 valence electrons. The number of carbonyl (C=O) groups is 1. The van der Waals surface area contributed by atoms with E-state index in [-0.39, 0.29) is 22.2 Å². The number of carbonyl (C=O) groups excluding carboxylic acids is 1. The van der Waals surface area contributed by atoms with Crippen LogP contribution in [0, 0.1) is 0 Å². The lowest BCUT2D eigenvalue weighted by Gasteiger charge is -2.25. The molecule has 1 aliphatic rings. The standard InChI is InChI=1S/C19H23N3O5S2/c20-28(24,25)17-8-4-15(5-9-17)14-21-19(23)16-6-10-18(11-7-16)29(26,27)22-12-2-1-3-13-22/h4-11H,1-3,12-14H2,(H,21,23)(H2,20,24,25). The number of sulfonamides is 2. The van der Waals surface area contributed by atoms with Gasteiger partial charge in [-0.25, -0.2) is 22.0 Å². The van der Waals surface area contributed by atoms with Crippen molar-refractivity contribution in [2.75, 3.05) is 13.1 Å². The van der Waals surface area contributed by atoms with Crippen molar-refractivity contribution in [1.82, 2.24) is 9.62 Å². The average Bonchev–Trinajstić information content (AvgIpc) is 2.72. The number of nitrogens with zero attached hydrogens (tertiary/aromatic N) is 1. The van der Waals surface area contributed by atoms with Crippen molar-refractivity contribution >= 4 is 26.0 Å². The lowest BCUT2D eigenvalue weighted by atomic mass is 10.2. The van der Waals surface area contributed by atoms with E-state index in [4.69, 9.17) is 5.14 Å². The molecule has 0 aliphatic carbocycles. The van der Waals surface area contributed by atoms with Gasteiger partial charge in [0.25, 0.3) is 5.91 Å². The zero-order valence-electron chi connectivity index (χ0n) is 15.7. The summed E-state index contributed by atoms with van der Waals surface area (Å²) in [5.74, 6) is -0.359. The molecule has 8 nitrogen and oxygen atoms in total. The molecule has 10 heteroatoms. The minimum atomic E-state index is -3.76. The number of rotatable bonds is 6. The van der Waals surface area contributed by atoms with Gasteiger partial charge in [0.05, 0.1) is 9.79 Å². The van der Waals surface area contributed by atoms with Gasteiger partial charge < -0.3 is 5.32 Å². The number of piperidine rings is 1. The zero-order valence-corrected chi connectivity index (χ0v) is 17.4. The maximum absolute atomic E-state index is 12.7. The maximum atomic E-state index is 12.7. The average molecular weight is 438 g/mol. The highest BCUT2D eigenvalue weighted by Crippen LogP contribution is 2.21. The Morgan fingerprint density at radius 2 is 1.41 bits per heavy atom. The Morgan fingerprint density at radius 1 is 0.862 bits per heavy atom. The van der Waals surface area contributed by atoms with Gasteiger partial charge in [-0.2, -0.15) is 4.31 Å². The molecule has 1 saturated heterocycles. The van der Waals surface area contributed by atoms with Crippen LogP contribution in [-0.2, 0) is 26.6 Å². The largest absolute Gasteiger partial charge is 0.348 e. The fourth-order valence-electron chi connectivity index (χ4n) is 3.11. The molecule has 0 radical (unpaired) electrons. The highest BCUT2D eigenvalue weighted by atomic mass is 32.2. The van der Waals surface area contributed by atoms with Crippen molar-refractivity contribution in [3.63, 3.8) is 0 Å². The van der Waals surface area contributed by atoms with E-state index in [2.05, 4.69) is 5.32 Å². The summed E-state index contributed by atoms with van der Waals surface area (Å²) in [6.45, 7) is 1.24. The summed E-state index contributed by atoms with van der Waals surface area (Å²) >= 11 is 0. The summed E-state index contributed by atoms with van der Waals surface area (Å²) in [6.07, 6.45) is 2.76. The van der Waals surface area contributed by atoms with Gasteiger partial charge in [0.1, 0.15) is 0 Å². The summed E-state index contributed by atoms with van der Waals surface area (Å²) in [5.41, 5.74) is 1.04. The van der Waals surface area contributed by atoms with Crippen LogP contribution in [0.4, 0.5) is 0 Å². The molecule has 0 spiro atoms. The monoisotopic (exact) mass is 437 g/mol. The summed E-state index contributed by atoms with van der Waals surface area (Å²) in [6, 6.07) is 11.7. The second-order valence-corrected chi connectivity index (χ2v) is 10.4. The minimum Gasteiger partial charge on any atom is -0.348 e. The van der Waals surface area contributed by atoms with Crippen molar-refractivity contribution in [3.05, 3.63) is 59.7 Å². The van der Waals surface area contributed by atoms with Crippen molar-refractivity contribution in [2.24, 2.45) is 5.14 Å². The zero-order chi connectivity index (χ0) is 21.1. The van der Waals surface area contributed by atoms with Crippen LogP contribution in [-0.4, -0.2) is 40.1 Å². The molecule has 0 saturated carbocycles. The van der Waals surface area contributed by atoms with Gasteiger partial charge in [-0.15, -0.1) is 0 Å². The van der Waals surface area contributed by atoms with Crippen LogP contribution in [0.2, 0.25) is 0 Å². The van der Waals surface area contributed by atoms with E-state index >= 15 is 0 Å². The molecule has 0 bridgehead atoms. The SMILES string of the molecule is NS(=O)(=O)c1ccc(CNC(=O)c2ccc(S(=O)(=O)N3CCCCC3)cc2)cc1. The van der Waals surface area contributed by atoms with Crippen molar-refractivity contribution in [3.8, 4) is 0 Å². The first-order valence-electron chi connectivity index (χ1n) is 9.18. The number of amides is 1. The Kier molecular flexibility index (Phi) is 6.37. The minimum absolute atomic E-state index is 0.00178. The molecule has 1 amide bonds. The Morgan fingerprint density at radius 3 is 1.97 bits per heavy atom. The van der Waals surface area contributed by atoms with E-state index in [1.54, 1.807) is 12.1 Å². The van der Waals surface area contributed by atoms with E-state index in [1.807, 2.05) is 0 Å². The highest BCUT2D eigenvalue weighted by Gasteiger charge is 2.25. The predicted octanol–water partition coefficient (Wildman–Crippen LogP) is 1.44. The number of hydrogen-bond donors (Lipinski definition) is 2. The predicted molar refractivity (Wildman–Crippen MR) is 108 cm³/mol. The van der Waals surface area contributed by atoms with E-state index in [0.717, 1.165) is 19.3 Å². The summed E-state index contributed by atoms with van der Waals surface area (Å²) in [7, 11) is -7.29. The summed E-state index contributed by atoms with van der Waals surface area (Å²) in [4.78, 5) is 12.5. The first-order valence-corrected chi connectivity index (χ1v) is 12.2. The van der Waals surface area contributed by atoms with E-state index in [9.17, 15) is 21.6 Å². The van der Waals surface area contributed by atoms with Gasteiger partial charge in [0.15, 0.2) is 0 Å². The van der Waals surface area contributed by atoms with Crippen LogP contribution in [0.5, 0.6) is 0 Å². The van der Waals surface area contributed by atoms with Crippen molar-refractivity contribution in [2.45, 2.75) is 35.6 Å². The van der Waals surface area contributed by atoms with Crippen LogP contribution < -0.4 is 10.5 Å². The van der Waals surface area contributed by atoms with Gasteiger partial charge >= 0.3 is 0 Å².